The molecule has 0 aliphatic heterocycles. The Morgan fingerprint density at radius 3 is 1.00 bits per heavy atom. The Morgan fingerprint density at radius 2 is 1.00 bits per heavy atom. The summed E-state index contributed by atoms with van der Waals surface area (Å²) in [5, 5.41) is 21.5. The minimum absolute atomic E-state index is 0. The van der Waals surface area contributed by atoms with Crippen LogP contribution in [-0.4, -0.2) is 22.4 Å². The van der Waals surface area contributed by atoms with Gasteiger partial charge in [0.25, 0.3) is 0 Å². The van der Waals surface area contributed by atoms with E-state index in [9.17, 15) is 0 Å². The summed E-state index contributed by atoms with van der Waals surface area (Å²) in [6, 6.07) is 0. The molecule has 0 rings (SSSR count). The van der Waals surface area contributed by atoms with E-state index in [4.69, 9.17) is 15.1 Å². The topological polar surface area (TPSA) is 60.7 Å². The van der Waals surface area contributed by atoms with Crippen LogP contribution in [0.1, 0.15) is 0 Å². The van der Waals surface area contributed by atoms with Crippen LogP contribution in [0, 0.1) is 0 Å². The van der Waals surface area contributed by atoms with E-state index in [0.29, 0.717) is 0 Å². The Morgan fingerprint density at radius 1 is 1.00 bits per heavy atom. The van der Waals surface area contributed by atoms with Crippen molar-refractivity contribution in [3.05, 3.63) is 0 Å². The molecule has 3 N–H and O–H groups in total. The summed E-state index contributed by atoms with van der Waals surface area (Å²) in [6.07, 6.45) is 0. The summed E-state index contributed by atoms with van der Waals surface area (Å²) in [5.41, 5.74) is 0. The molecule has 0 unspecified atom stereocenters. The maximum Gasteiger partial charge on any atom is 0.631 e. The van der Waals surface area contributed by atoms with Gasteiger partial charge in [-0.25, -0.2) is 0 Å². The predicted molar refractivity (Wildman–Crippen MR) is 12.4 cm³/mol. The third kappa shape index (κ3) is 80.1. The Bertz CT molecular complexity index is 11.6. The van der Waals surface area contributed by atoms with Gasteiger partial charge in [-0.15, -0.1) is 0 Å². The van der Waals surface area contributed by atoms with Gasteiger partial charge in [0.2, 0.25) is 0 Å². The zero-order valence-electron chi connectivity index (χ0n) is 2.33. The molecule has 0 spiro atoms. The molecule has 0 bridgehead atoms. The Balaban J connectivity index is 0. The molecule has 0 aromatic carbocycles. The van der Waals surface area contributed by atoms with Crippen molar-refractivity contribution in [3.63, 3.8) is 0 Å². The number of rotatable bonds is 0. The van der Waals surface area contributed by atoms with E-state index in [1.807, 2.05) is 0 Å². The minimum Gasteiger partial charge on any atom is -0.402 e. The van der Waals surface area contributed by atoms with Crippen LogP contribution in [0.15, 0.2) is 0 Å². The Hall–Kier alpha value is 0.633. The van der Waals surface area contributed by atoms with E-state index in [-0.39, 0.29) is 21.1 Å². The first-order valence-corrected chi connectivity index (χ1v) is 0.775. The van der Waals surface area contributed by atoms with Gasteiger partial charge in [-0.2, -0.15) is 0 Å². The van der Waals surface area contributed by atoms with Crippen molar-refractivity contribution < 1.29 is 36.1 Å². The third-order valence-electron chi connectivity index (χ3n) is 0. The first-order chi connectivity index (χ1) is 1.73. The van der Waals surface area contributed by atoms with E-state index in [2.05, 4.69) is 0 Å². The standard InChI is InChI=1S/BH3O3.W/c2-1(3)4;/h2-4H;. The van der Waals surface area contributed by atoms with Gasteiger partial charge in [-0.1, -0.05) is 0 Å². The summed E-state index contributed by atoms with van der Waals surface area (Å²) in [5.74, 6) is 0. The molecule has 0 aliphatic carbocycles. The van der Waals surface area contributed by atoms with Crippen molar-refractivity contribution in [2.75, 3.05) is 0 Å². The van der Waals surface area contributed by atoms with E-state index in [1.54, 1.807) is 0 Å². The minimum atomic E-state index is -2.17. The molecule has 0 amide bonds. The molecule has 0 radical (unpaired) electrons. The van der Waals surface area contributed by atoms with Crippen LogP contribution in [-0.2, 0) is 21.1 Å². The van der Waals surface area contributed by atoms with Crippen LogP contribution >= 0.6 is 0 Å². The summed E-state index contributed by atoms with van der Waals surface area (Å²) in [6.45, 7) is 0. The van der Waals surface area contributed by atoms with Gasteiger partial charge >= 0.3 is 7.32 Å². The molecule has 0 saturated heterocycles. The van der Waals surface area contributed by atoms with Gasteiger partial charge in [0.15, 0.2) is 0 Å². The van der Waals surface area contributed by atoms with Crippen molar-refractivity contribution in [3.8, 4) is 0 Å². The van der Waals surface area contributed by atoms with E-state index in [1.165, 1.54) is 0 Å². The van der Waals surface area contributed by atoms with Gasteiger partial charge in [-0.05, 0) is 0 Å². The molecule has 0 heterocycles. The van der Waals surface area contributed by atoms with E-state index in [0.717, 1.165) is 0 Å². The number of hydrogen-bond acceptors (Lipinski definition) is 3. The summed E-state index contributed by atoms with van der Waals surface area (Å²) < 4.78 is 0. The van der Waals surface area contributed by atoms with Crippen molar-refractivity contribution in [2.24, 2.45) is 0 Å². The number of hydrogen-bond donors (Lipinski definition) is 3. The van der Waals surface area contributed by atoms with Gasteiger partial charge in [0, 0.05) is 21.1 Å². The van der Waals surface area contributed by atoms with Crippen molar-refractivity contribution in [1.29, 1.82) is 0 Å². The molecule has 0 saturated carbocycles. The van der Waals surface area contributed by atoms with E-state index >= 15 is 0 Å². The molecular weight excluding hydrogens is 243 g/mol. The molecule has 0 fully saturated rings. The van der Waals surface area contributed by atoms with Gasteiger partial charge < -0.3 is 15.1 Å². The fraction of sp³-hybridized carbons (Fsp3) is 0. The fourth-order valence-electron chi connectivity index (χ4n) is 0. The summed E-state index contributed by atoms with van der Waals surface area (Å²) in [4.78, 5) is 0. The Labute approximate surface area is 44.1 Å². The molecule has 0 aliphatic rings. The molecule has 30 valence electrons. The smallest absolute Gasteiger partial charge is 0.402 e. The molecule has 0 atom stereocenters. The average molecular weight is 246 g/mol. The first kappa shape index (κ1) is 9.16. The zero-order chi connectivity index (χ0) is 3.58. The second kappa shape index (κ2) is 4.63. The molecule has 5 heteroatoms. The van der Waals surface area contributed by atoms with Crippen molar-refractivity contribution in [1.82, 2.24) is 0 Å². The van der Waals surface area contributed by atoms with Crippen LogP contribution in [0.5, 0.6) is 0 Å². The molecule has 0 aromatic heterocycles. The largest absolute Gasteiger partial charge is 0.631 e. The molecule has 5 heavy (non-hydrogen) atoms. The molecular formula is H3BO3W. The summed E-state index contributed by atoms with van der Waals surface area (Å²) >= 11 is 0. The van der Waals surface area contributed by atoms with Gasteiger partial charge in [-0.3, -0.25) is 0 Å². The first-order valence-electron chi connectivity index (χ1n) is 0.775. The average Bonchev–Trinajstić information content (AvgIpc) is 0.811. The Kier molecular flexibility index (Phi) is 8.49. The van der Waals surface area contributed by atoms with Crippen LogP contribution in [0.2, 0.25) is 0 Å². The van der Waals surface area contributed by atoms with Gasteiger partial charge in [0.1, 0.15) is 0 Å². The second-order valence-corrected chi connectivity index (χ2v) is 0.346. The SMILES string of the molecule is OB(O)O.[W]. The van der Waals surface area contributed by atoms with Crippen molar-refractivity contribution >= 4 is 7.32 Å². The van der Waals surface area contributed by atoms with Crippen molar-refractivity contribution in [2.45, 2.75) is 0 Å². The van der Waals surface area contributed by atoms with Gasteiger partial charge in [0.05, 0.1) is 0 Å². The van der Waals surface area contributed by atoms with E-state index < -0.39 is 7.32 Å². The van der Waals surface area contributed by atoms with Crippen LogP contribution < -0.4 is 0 Å². The zero-order valence-corrected chi connectivity index (χ0v) is 5.26. The van der Waals surface area contributed by atoms with Crippen LogP contribution in [0.3, 0.4) is 0 Å². The maximum absolute atomic E-state index is 7.17. The molecule has 3 nitrogen and oxygen atoms in total. The molecule has 0 aromatic rings. The normalized spacial score (nSPS) is 5.40. The van der Waals surface area contributed by atoms with Crippen LogP contribution in [0.25, 0.3) is 0 Å². The second-order valence-electron chi connectivity index (χ2n) is 0.346. The summed E-state index contributed by atoms with van der Waals surface area (Å²) in [7, 11) is -2.17. The maximum atomic E-state index is 7.17. The monoisotopic (exact) mass is 246 g/mol. The third-order valence-corrected chi connectivity index (χ3v) is 0. The van der Waals surface area contributed by atoms with Crippen LogP contribution in [0.4, 0.5) is 0 Å². The fourth-order valence-corrected chi connectivity index (χ4v) is 0. The predicted octanol–water partition coefficient (Wildman–Crippen LogP) is -2.05. The quantitative estimate of drug-likeness (QED) is 0.431.